The summed E-state index contributed by atoms with van der Waals surface area (Å²) in [5.41, 5.74) is 1.54. The van der Waals surface area contributed by atoms with Gasteiger partial charge in [-0.25, -0.2) is 4.57 Å². The van der Waals surface area contributed by atoms with Gasteiger partial charge in [-0.1, -0.05) is 260 Å². The van der Waals surface area contributed by atoms with Crippen LogP contribution in [0.25, 0.3) is 0 Å². The van der Waals surface area contributed by atoms with Crippen molar-refractivity contribution < 1.29 is 33.1 Å². The Balaban J connectivity index is 1.67. The molecule has 0 bridgehead atoms. The van der Waals surface area contributed by atoms with Crippen molar-refractivity contribution in [3.8, 4) is 5.75 Å². The molecule has 0 aliphatic rings. The molecule has 0 aliphatic carbocycles. The molecule has 3 rings (SSSR count). The van der Waals surface area contributed by atoms with Crippen molar-refractivity contribution in [3.05, 3.63) is 102 Å². The summed E-state index contributed by atoms with van der Waals surface area (Å²) in [5, 5.41) is 0. The SMILES string of the molecule is CCCCCCCCCCCCCCCCOC(CCCCCCCCCCCCCCCC)C(COC(c1ccccc1)(c1ccccc1)c1ccc(OC)cc1)OP(=O)(O)O. The first kappa shape index (κ1) is 54.8. The smallest absolute Gasteiger partial charge is 0.470 e. The Bertz CT molecular complexity index is 1490. The minimum absolute atomic E-state index is 0.0943. The van der Waals surface area contributed by atoms with E-state index in [9.17, 15) is 14.4 Å². The van der Waals surface area contributed by atoms with Crippen molar-refractivity contribution in [2.45, 2.75) is 218 Å². The molecule has 0 saturated carbocycles. The summed E-state index contributed by atoms with van der Waals surface area (Å²) in [6.45, 7) is 4.97. The molecule has 0 heterocycles. The number of phosphoric acid groups is 1. The van der Waals surface area contributed by atoms with Crippen LogP contribution < -0.4 is 4.74 Å². The molecule has 63 heavy (non-hydrogen) atoms. The average molecular weight is 893 g/mol. The number of hydrogen-bond acceptors (Lipinski definition) is 5. The molecule has 0 spiro atoms. The topological polar surface area (TPSA) is 94.5 Å². The summed E-state index contributed by atoms with van der Waals surface area (Å²) in [6.07, 6.45) is 34.7. The van der Waals surface area contributed by atoms with Gasteiger partial charge in [0.05, 0.1) is 19.8 Å². The van der Waals surface area contributed by atoms with E-state index in [2.05, 4.69) is 13.8 Å². The number of unbranched alkanes of at least 4 members (excludes halogenated alkanes) is 26. The first-order valence-corrected chi connectivity index (χ1v) is 27.1. The van der Waals surface area contributed by atoms with Gasteiger partial charge < -0.3 is 24.0 Å². The second kappa shape index (κ2) is 34.8. The summed E-state index contributed by atoms with van der Waals surface area (Å²) in [7, 11) is -3.26. The molecule has 0 amide bonds. The monoisotopic (exact) mass is 893 g/mol. The van der Waals surface area contributed by atoms with Gasteiger partial charge in [-0.3, -0.25) is 4.52 Å². The maximum atomic E-state index is 12.7. The maximum Gasteiger partial charge on any atom is 0.470 e. The van der Waals surface area contributed by atoms with Crippen molar-refractivity contribution >= 4 is 7.82 Å². The van der Waals surface area contributed by atoms with Gasteiger partial charge in [-0.05, 0) is 41.7 Å². The lowest BCUT2D eigenvalue weighted by Crippen LogP contribution is -2.41. The van der Waals surface area contributed by atoms with Crippen LogP contribution in [0.5, 0.6) is 5.75 Å². The zero-order valence-electron chi connectivity index (χ0n) is 40.0. The van der Waals surface area contributed by atoms with Gasteiger partial charge in [-0.2, -0.15) is 0 Å². The van der Waals surface area contributed by atoms with Gasteiger partial charge >= 0.3 is 7.82 Å². The Labute approximate surface area is 385 Å². The van der Waals surface area contributed by atoms with Crippen LogP contribution in [-0.4, -0.2) is 42.3 Å². The van der Waals surface area contributed by atoms with E-state index in [0.717, 1.165) is 54.5 Å². The highest BCUT2D eigenvalue weighted by Crippen LogP contribution is 2.44. The van der Waals surface area contributed by atoms with E-state index in [-0.39, 0.29) is 6.61 Å². The van der Waals surface area contributed by atoms with E-state index < -0.39 is 25.6 Å². The van der Waals surface area contributed by atoms with Crippen LogP contribution in [0.2, 0.25) is 0 Å². The van der Waals surface area contributed by atoms with Crippen LogP contribution in [0.4, 0.5) is 0 Å². The standard InChI is InChI=1S/C55H89O7P/c1-4-6-8-10-12-14-16-18-20-22-24-26-28-36-42-53(60-47-37-29-27-25-23-21-19-17-15-13-11-9-7-5-2)54(62-63(56,57)58)48-61-55(49-38-32-30-33-39-49,50-40-34-31-35-41-50)51-43-45-52(59-3)46-44-51/h30-35,38-41,43-46,53-54H,4-29,36-37,42,47-48H2,1-3H3,(H2,56,57,58). The van der Waals surface area contributed by atoms with Crippen LogP contribution in [-0.2, 0) is 24.2 Å². The van der Waals surface area contributed by atoms with Crippen LogP contribution in [0.1, 0.15) is 217 Å². The average Bonchev–Trinajstić information content (AvgIpc) is 3.30. The van der Waals surface area contributed by atoms with Gasteiger partial charge in [0.15, 0.2) is 0 Å². The van der Waals surface area contributed by atoms with E-state index in [1.807, 2.05) is 84.9 Å². The second-order valence-corrected chi connectivity index (χ2v) is 19.2. The molecular formula is C55H89O7P. The summed E-state index contributed by atoms with van der Waals surface area (Å²) < 4.78 is 37.6. The predicted molar refractivity (Wildman–Crippen MR) is 264 cm³/mol. The highest BCUT2D eigenvalue weighted by molar-refractivity contribution is 7.46. The fraction of sp³-hybridized carbons (Fsp3) is 0.673. The zero-order chi connectivity index (χ0) is 45.1. The van der Waals surface area contributed by atoms with Crippen molar-refractivity contribution in [2.75, 3.05) is 20.3 Å². The summed E-state index contributed by atoms with van der Waals surface area (Å²) >= 11 is 0. The van der Waals surface area contributed by atoms with Crippen molar-refractivity contribution in [1.29, 1.82) is 0 Å². The molecule has 0 aliphatic heterocycles. The lowest BCUT2D eigenvalue weighted by atomic mass is 9.80. The zero-order valence-corrected chi connectivity index (χ0v) is 40.9. The molecule has 2 atom stereocenters. The minimum Gasteiger partial charge on any atom is -0.497 e. The van der Waals surface area contributed by atoms with E-state index >= 15 is 0 Å². The lowest BCUT2D eigenvalue weighted by molar-refractivity contribution is -0.0985. The van der Waals surface area contributed by atoms with Crippen molar-refractivity contribution in [1.82, 2.24) is 0 Å². The third-order valence-electron chi connectivity index (χ3n) is 12.7. The molecule has 2 unspecified atom stereocenters. The molecule has 0 saturated heterocycles. The Kier molecular flexibility index (Phi) is 30.3. The Hall–Kier alpha value is -2.51. The van der Waals surface area contributed by atoms with E-state index in [1.54, 1.807) is 7.11 Å². The molecule has 3 aromatic rings. The van der Waals surface area contributed by atoms with Gasteiger partial charge in [0.25, 0.3) is 0 Å². The summed E-state index contributed by atoms with van der Waals surface area (Å²) in [4.78, 5) is 20.7. The van der Waals surface area contributed by atoms with Gasteiger partial charge in [0.2, 0.25) is 0 Å². The van der Waals surface area contributed by atoms with Gasteiger partial charge in [0, 0.05) is 6.61 Å². The lowest BCUT2D eigenvalue weighted by Gasteiger charge is -2.38. The summed E-state index contributed by atoms with van der Waals surface area (Å²) in [5.74, 6) is 0.724. The maximum absolute atomic E-state index is 12.7. The normalized spacial score (nSPS) is 13.0. The second-order valence-electron chi connectivity index (χ2n) is 18.0. The quantitative estimate of drug-likeness (QED) is 0.0333. The third-order valence-corrected chi connectivity index (χ3v) is 13.2. The van der Waals surface area contributed by atoms with Crippen molar-refractivity contribution in [3.63, 3.8) is 0 Å². The van der Waals surface area contributed by atoms with E-state index in [0.29, 0.717) is 13.0 Å². The number of rotatable bonds is 41. The fourth-order valence-electron chi connectivity index (χ4n) is 8.96. The molecule has 356 valence electrons. The van der Waals surface area contributed by atoms with Crippen molar-refractivity contribution in [2.24, 2.45) is 0 Å². The predicted octanol–water partition coefficient (Wildman–Crippen LogP) is 16.2. The number of benzene rings is 3. The van der Waals surface area contributed by atoms with E-state index in [1.165, 1.54) is 148 Å². The molecule has 7 nitrogen and oxygen atoms in total. The number of phosphoric ester groups is 1. The van der Waals surface area contributed by atoms with Gasteiger partial charge in [0.1, 0.15) is 17.5 Å². The Morgan fingerprint density at radius 1 is 0.476 bits per heavy atom. The van der Waals surface area contributed by atoms with Crippen LogP contribution in [0.15, 0.2) is 84.9 Å². The largest absolute Gasteiger partial charge is 0.497 e. The van der Waals surface area contributed by atoms with Crippen LogP contribution >= 0.6 is 7.82 Å². The van der Waals surface area contributed by atoms with Crippen LogP contribution in [0, 0.1) is 0 Å². The van der Waals surface area contributed by atoms with Crippen LogP contribution in [0.3, 0.4) is 0 Å². The molecule has 0 radical (unpaired) electrons. The molecule has 0 aromatic heterocycles. The van der Waals surface area contributed by atoms with Gasteiger partial charge in [-0.15, -0.1) is 0 Å². The highest BCUT2D eigenvalue weighted by atomic mass is 31.2. The molecule has 8 heteroatoms. The number of methoxy groups -OCH3 is 1. The first-order valence-electron chi connectivity index (χ1n) is 25.6. The Morgan fingerprint density at radius 3 is 1.22 bits per heavy atom. The summed E-state index contributed by atoms with van der Waals surface area (Å²) in [6, 6.07) is 27.9. The molecular weight excluding hydrogens is 804 g/mol. The fourth-order valence-corrected chi connectivity index (χ4v) is 9.51. The Morgan fingerprint density at radius 2 is 0.841 bits per heavy atom. The minimum atomic E-state index is -4.91. The van der Waals surface area contributed by atoms with E-state index in [4.69, 9.17) is 18.7 Å². The first-order chi connectivity index (χ1) is 30.8. The number of ether oxygens (including phenoxy) is 3. The number of hydrogen-bond donors (Lipinski definition) is 2. The third kappa shape index (κ3) is 23.5. The molecule has 0 fully saturated rings. The molecule has 2 N–H and O–H groups in total. The molecule has 3 aromatic carbocycles. The highest BCUT2D eigenvalue weighted by Gasteiger charge is 2.40.